The van der Waals surface area contributed by atoms with Gasteiger partial charge in [-0.25, -0.2) is 0 Å². The van der Waals surface area contributed by atoms with Crippen molar-refractivity contribution in [1.82, 2.24) is 4.90 Å². The van der Waals surface area contributed by atoms with Crippen LogP contribution in [0.5, 0.6) is 0 Å². The average molecular weight is 238 g/mol. The molecule has 0 amide bonds. The maximum Gasteiger partial charge on any atom is 0.122 e. The third-order valence-corrected chi connectivity index (χ3v) is 3.56. The van der Waals surface area contributed by atoms with E-state index in [1.165, 1.54) is 0 Å². The Hall–Kier alpha value is -0.840. The minimum atomic E-state index is 0.155. The Morgan fingerprint density at radius 3 is 2.88 bits per heavy atom. The Morgan fingerprint density at radius 2 is 2.35 bits per heavy atom. The van der Waals surface area contributed by atoms with Crippen LogP contribution >= 0.6 is 0 Å². The van der Waals surface area contributed by atoms with Gasteiger partial charge in [0.15, 0.2) is 0 Å². The zero-order chi connectivity index (χ0) is 12.3. The van der Waals surface area contributed by atoms with Gasteiger partial charge >= 0.3 is 0 Å². The molecule has 2 unspecified atom stereocenters. The Balaban J connectivity index is 2.08. The number of aryl methyl sites for hydroxylation is 1. The molecular weight excluding hydrogens is 216 g/mol. The molecule has 0 aliphatic carbocycles. The largest absolute Gasteiger partial charge is 0.464 e. The fourth-order valence-electron chi connectivity index (χ4n) is 2.34. The number of rotatable bonds is 5. The van der Waals surface area contributed by atoms with Gasteiger partial charge in [0.25, 0.3) is 0 Å². The van der Waals surface area contributed by atoms with Crippen LogP contribution in [0.2, 0.25) is 0 Å². The van der Waals surface area contributed by atoms with E-state index in [1.807, 2.05) is 12.1 Å². The second-order valence-corrected chi connectivity index (χ2v) is 4.59. The quantitative estimate of drug-likeness (QED) is 0.846. The van der Waals surface area contributed by atoms with Gasteiger partial charge in [-0.05, 0) is 25.6 Å². The fraction of sp³-hybridized carbons (Fsp3) is 0.692. The second kappa shape index (κ2) is 5.67. The molecule has 0 spiro atoms. The molecule has 0 radical (unpaired) electrons. The minimum absolute atomic E-state index is 0.155. The van der Waals surface area contributed by atoms with Crippen LogP contribution in [0.1, 0.15) is 30.9 Å². The molecule has 1 aromatic rings. The molecule has 1 saturated heterocycles. The van der Waals surface area contributed by atoms with Crippen molar-refractivity contribution in [1.29, 1.82) is 0 Å². The Labute approximate surface area is 103 Å². The number of furan rings is 1. The van der Waals surface area contributed by atoms with Crippen molar-refractivity contribution < 1.29 is 9.15 Å². The zero-order valence-corrected chi connectivity index (χ0v) is 10.7. The molecule has 0 saturated carbocycles. The summed E-state index contributed by atoms with van der Waals surface area (Å²) < 4.78 is 11.2. The van der Waals surface area contributed by atoms with Crippen LogP contribution in [0.3, 0.4) is 0 Å². The number of hydrogen-bond acceptors (Lipinski definition) is 4. The molecule has 1 aliphatic heterocycles. The van der Waals surface area contributed by atoms with E-state index in [2.05, 4.69) is 18.9 Å². The van der Waals surface area contributed by atoms with E-state index < -0.39 is 0 Å². The molecule has 2 N–H and O–H groups in total. The van der Waals surface area contributed by atoms with Crippen LogP contribution in [0, 0.1) is 0 Å². The Bertz CT molecular complexity index is 345. The predicted molar refractivity (Wildman–Crippen MR) is 66.9 cm³/mol. The lowest BCUT2D eigenvalue weighted by Crippen LogP contribution is -2.38. The molecule has 2 heterocycles. The Kier molecular flexibility index (Phi) is 4.20. The number of nitrogens with zero attached hydrogens (tertiary/aromatic N) is 1. The first-order chi connectivity index (χ1) is 8.26. The van der Waals surface area contributed by atoms with E-state index >= 15 is 0 Å². The highest BCUT2D eigenvalue weighted by molar-refractivity contribution is 5.11. The first kappa shape index (κ1) is 12.6. The maximum atomic E-state index is 5.88. The first-order valence-electron chi connectivity index (χ1n) is 6.34. The summed E-state index contributed by atoms with van der Waals surface area (Å²) in [6, 6.07) is 4.69. The third-order valence-electron chi connectivity index (χ3n) is 3.56. The van der Waals surface area contributed by atoms with E-state index in [0.717, 1.165) is 37.6 Å². The zero-order valence-electron chi connectivity index (χ0n) is 10.7. The molecular formula is C13H22N2O2. The lowest BCUT2D eigenvalue weighted by Gasteiger charge is -2.30. The molecule has 1 fully saturated rings. The van der Waals surface area contributed by atoms with Gasteiger partial charge in [-0.2, -0.15) is 0 Å². The molecule has 4 nitrogen and oxygen atoms in total. The average Bonchev–Trinajstić information content (AvgIpc) is 3.01. The van der Waals surface area contributed by atoms with Crippen LogP contribution < -0.4 is 5.73 Å². The molecule has 4 heteroatoms. The topological polar surface area (TPSA) is 51.6 Å². The van der Waals surface area contributed by atoms with Gasteiger partial charge in [-0.15, -0.1) is 0 Å². The number of hydrogen-bond donors (Lipinski definition) is 1. The number of ether oxygens (including phenoxy) is 1. The summed E-state index contributed by atoms with van der Waals surface area (Å²) in [7, 11) is 2.10. The van der Waals surface area contributed by atoms with Crippen molar-refractivity contribution in [2.45, 2.75) is 31.8 Å². The van der Waals surface area contributed by atoms with E-state index in [4.69, 9.17) is 14.9 Å². The molecule has 17 heavy (non-hydrogen) atoms. The molecule has 2 atom stereocenters. The summed E-state index contributed by atoms with van der Waals surface area (Å²) in [5, 5.41) is 0. The fourth-order valence-corrected chi connectivity index (χ4v) is 2.34. The molecule has 1 aliphatic rings. The standard InChI is InChI=1S/C13H22N2O2/c1-3-11-4-5-13(17-11)12(8-14)15(2)10-6-7-16-9-10/h4-5,10,12H,3,6-9,14H2,1-2H3. The summed E-state index contributed by atoms with van der Waals surface area (Å²) in [6.45, 7) is 4.32. The van der Waals surface area contributed by atoms with Crippen LogP contribution in [-0.2, 0) is 11.2 Å². The van der Waals surface area contributed by atoms with Gasteiger partial charge in [0.2, 0.25) is 0 Å². The molecule has 2 rings (SSSR count). The molecule has 1 aromatic heterocycles. The van der Waals surface area contributed by atoms with Gasteiger partial charge in [0.1, 0.15) is 11.5 Å². The van der Waals surface area contributed by atoms with Crippen molar-refractivity contribution in [2.24, 2.45) is 5.73 Å². The van der Waals surface area contributed by atoms with Gasteiger partial charge < -0.3 is 14.9 Å². The van der Waals surface area contributed by atoms with Gasteiger partial charge in [0, 0.05) is 25.6 Å². The minimum Gasteiger partial charge on any atom is -0.464 e. The summed E-state index contributed by atoms with van der Waals surface area (Å²) in [5.74, 6) is 1.99. The number of nitrogens with two attached hydrogens (primary N) is 1. The van der Waals surface area contributed by atoms with Crippen molar-refractivity contribution in [3.63, 3.8) is 0 Å². The molecule has 0 aromatic carbocycles. The predicted octanol–water partition coefficient (Wildman–Crippen LogP) is 1.56. The van der Waals surface area contributed by atoms with E-state index in [1.54, 1.807) is 0 Å². The summed E-state index contributed by atoms with van der Waals surface area (Å²) in [4.78, 5) is 2.28. The van der Waals surface area contributed by atoms with Crippen LogP contribution in [0.15, 0.2) is 16.5 Å². The normalized spacial score (nSPS) is 22.2. The third kappa shape index (κ3) is 2.70. The van der Waals surface area contributed by atoms with E-state index in [-0.39, 0.29) is 6.04 Å². The van der Waals surface area contributed by atoms with Crippen molar-refractivity contribution in [3.8, 4) is 0 Å². The second-order valence-electron chi connectivity index (χ2n) is 4.59. The van der Waals surface area contributed by atoms with Crippen LogP contribution in [-0.4, -0.2) is 37.7 Å². The van der Waals surface area contributed by atoms with Gasteiger partial charge in [-0.1, -0.05) is 6.92 Å². The Morgan fingerprint density at radius 1 is 1.53 bits per heavy atom. The van der Waals surface area contributed by atoms with Crippen LogP contribution in [0.4, 0.5) is 0 Å². The van der Waals surface area contributed by atoms with E-state index in [0.29, 0.717) is 12.6 Å². The highest BCUT2D eigenvalue weighted by Gasteiger charge is 2.28. The van der Waals surface area contributed by atoms with Gasteiger partial charge in [-0.3, -0.25) is 4.90 Å². The maximum absolute atomic E-state index is 5.88. The highest BCUT2D eigenvalue weighted by Crippen LogP contribution is 2.25. The monoisotopic (exact) mass is 238 g/mol. The summed E-state index contributed by atoms with van der Waals surface area (Å²) in [5.41, 5.74) is 5.88. The lowest BCUT2D eigenvalue weighted by molar-refractivity contribution is 0.124. The van der Waals surface area contributed by atoms with Gasteiger partial charge in [0.05, 0.1) is 12.6 Å². The van der Waals surface area contributed by atoms with Crippen molar-refractivity contribution in [3.05, 3.63) is 23.7 Å². The summed E-state index contributed by atoms with van der Waals surface area (Å²) in [6.07, 6.45) is 2.00. The SMILES string of the molecule is CCc1ccc(C(CN)N(C)C2CCOC2)o1. The first-order valence-corrected chi connectivity index (χ1v) is 6.34. The highest BCUT2D eigenvalue weighted by atomic mass is 16.5. The molecule has 96 valence electrons. The summed E-state index contributed by atoms with van der Waals surface area (Å²) >= 11 is 0. The molecule has 0 bridgehead atoms. The smallest absolute Gasteiger partial charge is 0.122 e. The van der Waals surface area contributed by atoms with E-state index in [9.17, 15) is 0 Å². The number of likely N-dealkylation sites (N-methyl/N-ethyl adjacent to an activating group) is 1. The lowest BCUT2D eigenvalue weighted by atomic mass is 10.1. The van der Waals surface area contributed by atoms with Crippen molar-refractivity contribution in [2.75, 3.05) is 26.8 Å². The van der Waals surface area contributed by atoms with Crippen molar-refractivity contribution >= 4 is 0 Å². The van der Waals surface area contributed by atoms with Crippen LogP contribution in [0.25, 0.3) is 0 Å².